The predicted molar refractivity (Wildman–Crippen MR) is 100 cm³/mol. The highest BCUT2D eigenvalue weighted by atomic mass is 79.9. The first kappa shape index (κ1) is 18.8. The minimum absolute atomic E-state index is 0.180. The second kappa shape index (κ2) is 9.68. The van der Waals surface area contributed by atoms with Gasteiger partial charge in [-0.15, -0.1) is 0 Å². The van der Waals surface area contributed by atoms with E-state index in [1.54, 1.807) is 31.4 Å². The van der Waals surface area contributed by atoms with Crippen LogP contribution in [0.15, 0.2) is 52.1 Å². The molecule has 0 fully saturated rings. The first-order chi connectivity index (χ1) is 12.1. The number of nitrogens with zero attached hydrogens (tertiary/aromatic N) is 1. The van der Waals surface area contributed by atoms with Crippen LogP contribution in [0.4, 0.5) is 5.69 Å². The quantitative estimate of drug-likeness (QED) is 0.533. The maximum Gasteiger partial charge on any atom is 0.265 e. The van der Waals surface area contributed by atoms with Gasteiger partial charge in [0, 0.05) is 15.7 Å². The largest absolute Gasteiger partial charge is 0.493 e. The molecule has 0 atom stereocenters. The summed E-state index contributed by atoms with van der Waals surface area (Å²) in [5.74, 6) is 0.986. The average molecular weight is 407 g/mol. The summed E-state index contributed by atoms with van der Waals surface area (Å²) in [6.45, 7) is 2.28. The molecule has 0 aliphatic carbocycles. The number of ether oxygens (including phenoxy) is 2. The molecule has 7 heteroatoms. The molecule has 1 N–H and O–H groups in total. The van der Waals surface area contributed by atoms with Crippen LogP contribution in [0.2, 0.25) is 0 Å². The summed E-state index contributed by atoms with van der Waals surface area (Å²) in [6, 6.07) is 12.7. The fourth-order valence-electron chi connectivity index (χ4n) is 1.96. The molecule has 0 spiro atoms. The van der Waals surface area contributed by atoms with Crippen LogP contribution in [0.25, 0.3) is 0 Å². The minimum atomic E-state index is -0.288. The lowest BCUT2D eigenvalue weighted by Gasteiger charge is -2.09. The van der Waals surface area contributed by atoms with E-state index in [9.17, 15) is 4.79 Å². The van der Waals surface area contributed by atoms with E-state index in [0.29, 0.717) is 23.8 Å². The molecule has 0 aromatic heterocycles. The third-order valence-corrected chi connectivity index (χ3v) is 3.62. The van der Waals surface area contributed by atoms with Crippen molar-refractivity contribution in [2.75, 3.05) is 25.6 Å². The summed E-state index contributed by atoms with van der Waals surface area (Å²) in [5, 5.41) is 6.51. The van der Waals surface area contributed by atoms with Gasteiger partial charge in [0.1, 0.15) is 0 Å². The van der Waals surface area contributed by atoms with Crippen LogP contribution in [-0.4, -0.2) is 32.4 Å². The SMILES string of the molecule is CCOc1ccc(/C=N/OCC(=O)Nc2ccc(Br)cc2)cc1OC. The Morgan fingerprint density at radius 1 is 1.20 bits per heavy atom. The van der Waals surface area contributed by atoms with Crippen molar-refractivity contribution in [3.63, 3.8) is 0 Å². The molecule has 0 bridgehead atoms. The zero-order chi connectivity index (χ0) is 18.1. The smallest absolute Gasteiger partial charge is 0.265 e. The van der Waals surface area contributed by atoms with Gasteiger partial charge in [0.15, 0.2) is 18.1 Å². The first-order valence-electron chi connectivity index (χ1n) is 7.64. The number of oxime groups is 1. The van der Waals surface area contributed by atoms with E-state index in [0.717, 1.165) is 10.0 Å². The summed E-state index contributed by atoms with van der Waals surface area (Å²) in [4.78, 5) is 16.8. The Hall–Kier alpha value is -2.54. The molecule has 0 unspecified atom stereocenters. The molecule has 0 aliphatic rings. The van der Waals surface area contributed by atoms with Crippen molar-refractivity contribution in [1.82, 2.24) is 0 Å². The van der Waals surface area contributed by atoms with Crippen LogP contribution in [0.5, 0.6) is 11.5 Å². The second-order valence-electron chi connectivity index (χ2n) is 4.91. The van der Waals surface area contributed by atoms with E-state index in [2.05, 4.69) is 26.4 Å². The standard InChI is InChI=1S/C18H19BrN2O4/c1-3-24-16-9-4-13(10-17(16)23-2)11-20-25-12-18(22)21-15-7-5-14(19)6-8-15/h4-11H,3,12H2,1-2H3,(H,21,22)/b20-11+. The van der Waals surface area contributed by atoms with Crippen LogP contribution in [-0.2, 0) is 9.63 Å². The van der Waals surface area contributed by atoms with Crippen molar-refractivity contribution in [3.8, 4) is 11.5 Å². The summed E-state index contributed by atoms with van der Waals surface area (Å²) in [6.07, 6.45) is 1.51. The predicted octanol–water partition coefficient (Wildman–Crippen LogP) is 3.85. The van der Waals surface area contributed by atoms with Crippen LogP contribution in [0.1, 0.15) is 12.5 Å². The number of rotatable bonds is 8. The van der Waals surface area contributed by atoms with E-state index in [4.69, 9.17) is 14.3 Å². The van der Waals surface area contributed by atoms with Crippen LogP contribution >= 0.6 is 15.9 Å². The van der Waals surface area contributed by atoms with Gasteiger partial charge >= 0.3 is 0 Å². The Morgan fingerprint density at radius 2 is 1.96 bits per heavy atom. The maximum absolute atomic E-state index is 11.8. The van der Waals surface area contributed by atoms with Gasteiger partial charge in [0.2, 0.25) is 0 Å². The number of halogens is 1. The number of hydrogen-bond acceptors (Lipinski definition) is 5. The Morgan fingerprint density at radius 3 is 2.64 bits per heavy atom. The Labute approximate surface area is 154 Å². The molecule has 2 aromatic carbocycles. The fraction of sp³-hybridized carbons (Fsp3) is 0.222. The van der Waals surface area contributed by atoms with Gasteiger partial charge in [-0.2, -0.15) is 0 Å². The molecular weight excluding hydrogens is 388 g/mol. The van der Waals surface area contributed by atoms with Crippen molar-refractivity contribution in [3.05, 3.63) is 52.5 Å². The monoisotopic (exact) mass is 406 g/mol. The number of hydrogen-bond donors (Lipinski definition) is 1. The second-order valence-corrected chi connectivity index (χ2v) is 5.82. The summed E-state index contributed by atoms with van der Waals surface area (Å²) >= 11 is 3.34. The van der Waals surface area contributed by atoms with Gasteiger partial charge in [-0.1, -0.05) is 21.1 Å². The van der Waals surface area contributed by atoms with E-state index >= 15 is 0 Å². The third kappa shape index (κ3) is 6.11. The van der Waals surface area contributed by atoms with Crippen LogP contribution in [0, 0.1) is 0 Å². The Kier molecular flexibility index (Phi) is 7.28. The molecule has 0 radical (unpaired) electrons. The zero-order valence-electron chi connectivity index (χ0n) is 14.0. The number of benzene rings is 2. The maximum atomic E-state index is 11.8. The van der Waals surface area contributed by atoms with Gasteiger partial charge in [-0.05, 0) is 49.4 Å². The van der Waals surface area contributed by atoms with Gasteiger partial charge in [0.05, 0.1) is 19.9 Å². The number of carbonyl (C=O) groups excluding carboxylic acids is 1. The number of carbonyl (C=O) groups is 1. The van der Waals surface area contributed by atoms with Gasteiger partial charge in [-0.3, -0.25) is 4.79 Å². The lowest BCUT2D eigenvalue weighted by atomic mass is 10.2. The minimum Gasteiger partial charge on any atom is -0.493 e. The summed E-state index contributed by atoms with van der Waals surface area (Å²) in [5.41, 5.74) is 1.46. The molecule has 0 aliphatic heterocycles. The van der Waals surface area contributed by atoms with E-state index < -0.39 is 0 Å². The molecular formula is C18H19BrN2O4. The van der Waals surface area contributed by atoms with Crippen molar-refractivity contribution in [2.24, 2.45) is 5.16 Å². The van der Waals surface area contributed by atoms with Crippen molar-refractivity contribution in [2.45, 2.75) is 6.92 Å². The van der Waals surface area contributed by atoms with Gasteiger partial charge in [0.25, 0.3) is 5.91 Å². The average Bonchev–Trinajstić information content (AvgIpc) is 2.62. The van der Waals surface area contributed by atoms with E-state index in [1.165, 1.54) is 6.21 Å². The topological polar surface area (TPSA) is 69.2 Å². The molecule has 2 aromatic rings. The van der Waals surface area contributed by atoms with Gasteiger partial charge in [-0.25, -0.2) is 0 Å². The van der Waals surface area contributed by atoms with Crippen LogP contribution in [0.3, 0.4) is 0 Å². The molecule has 6 nitrogen and oxygen atoms in total. The van der Waals surface area contributed by atoms with Crippen molar-refractivity contribution < 1.29 is 19.1 Å². The number of nitrogens with one attached hydrogen (secondary N) is 1. The van der Waals surface area contributed by atoms with E-state index in [1.807, 2.05) is 25.1 Å². The van der Waals surface area contributed by atoms with Crippen molar-refractivity contribution >= 4 is 33.7 Å². The summed E-state index contributed by atoms with van der Waals surface area (Å²) < 4.78 is 11.7. The lowest BCUT2D eigenvalue weighted by Crippen LogP contribution is -2.16. The number of amides is 1. The molecule has 2 rings (SSSR count). The third-order valence-electron chi connectivity index (χ3n) is 3.09. The summed E-state index contributed by atoms with van der Waals surface area (Å²) in [7, 11) is 1.57. The first-order valence-corrected chi connectivity index (χ1v) is 8.43. The Balaban J connectivity index is 1.84. The molecule has 0 heterocycles. The fourth-order valence-corrected chi connectivity index (χ4v) is 2.23. The Bertz CT molecular complexity index is 732. The highest BCUT2D eigenvalue weighted by Crippen LogP contribution is 2.27. The lowest BCUT2D eigenvalue weighted by molar-refractivity contribution is -0.120. The normalized spacial score (nSPS) is 10.5. The molecule has 0 saturated carbocycles. The van der Waals surface area contributed by atoms with Crippen LogP contribution < -0.4 is 14.8 Å². The number of anilines is 1. The highest BCUT2D eigenvalue weighted by Gasteiger charge is 2.05. The zero-order valence-corrected chi connectivity index (χ0v) is 15.6. The van der Waals surface area contributed by atoms with E-state index in [-0.39, 0.29) is 12.5 Å². The van der Waals surface area contributed by atoms with Gasteiger partial charge < -0.3 is 19.6 Å². The highest BCUT2D eigenvalue weighted by molar-refractivity contribution is 9.10. The molecule has 25 heavy (non-hydrogen) atoms. The molecule has 1 amide bonds. The van der Waals surface area contributed by atoms with Crippen molar-refractivity contribution in [1.29, 1.82) is 0 Å². The molecule has 0 saturated heterocycles. The number of methoxy groups -OCH3 is 1. The molecule has 132 valence electrons.